The Morgan fingerprint density at radius 3 is 2.64 bits per heavy atom. The van der Waals surface area contributed by atoms with Crippen LogP contribution in [0.15, 0.2) is 53.4 Å². The van der Waals surface area contributed by atoms with E-state index in [0.29, 0.717) is 13.0 Å². The van der Waals surface area contributed by atoms with E-state index in [9.17, 15) is 13.2 Å². The molecule has 0 aliphatic heterocycles. The van der Waals surface area contributed by atoms with Gasteiger partial charge in [-0.25, -0.2) is 13.1 Å². The van der Waals surface area contributed by atoms with Gasteiger partial charge in [0, 0.05) is 6.54 Å². The maximum absolute atomic E-state index is 12.1. The number of carbonyl (C=O) groups is 1. The molecule has 2 aromatic rings. The van der Waals surface area contributed by atoms with Crippen molar-refractivity contribution in [1.29, 1.82) is 0 Å². The molecule has 0 radical (unpaired) electrons. The first-order chi connectivity index (χ1) is 11.9. The Labute approximate surface area is 152 Å². The first-order valence-electron chi connectivity index (χ1n) is 7.56. The fourth-order valence-electron chi connectivity index (χ4n) is 2.14. The van der Waals surface area contributed by atoms with E-state index >= 15 is 0 Å². The fourth-order valence-corrected chi connectivity index (χ4v) is 3.64. The van der Waals surface area contributed by atoms with Crippen LogP contribution in [0.25, 0.3) is 0 Å². The van der Waals surface area contributed by atoms with E-state index in [0.717, 1.165) is 11.3 Å². The molecule has 6 nitrogen and oxygen atoms in total. The lowest BCUT2D eigenvalue weighted by molar-refractivity contribution is -0.119. The molecular weight excluding hydrogens is 364 g/mol. The summed E-state index contributed by atoms with van der Waals surface area (Å²) >= 11 is 5.87. The molecule has 2 rings (SSSR count). The third-order valence-corrected chi connectivity index (χ3v) is 5.32. The second-order valence-electron chi connectivity index (χ2n) is 5.21. The van der Waals surface area contributed by atoms with Gasteiger partial charge in [0.15, 0.2) is 0 Å². The van der Waals surface area contributed by atoms with E-state index < -0.39 is 15.9 Å². The second-order valence-corrected chi connectivity index (χ2v) is 7.35. The molecule has 2 aromatic carbocycles. The summed E-state index contributed by atoms with van der Waals surface area (Å²) < 4.78 is 31.6. The van der Waals surface area contributed by atoms with Crippen LogP contribution in [0.2, 0.25) is 5.02 Å². The lowest BCUT2D eigenvalue weighted by atomic mass is 10.1. The molecule has 0 saturated carbocycles. The summed E-state index contributed by atoms with van der Waals surface area (Å²) in [7, 11) is -2.24. The zero-order chi connectivity index (χ0) is 18.3. The average Bonchev–Trinajstić information content (AvgIpc) is 2.60. The summed E-state index contributed by atoms with van der Waals surface area (Å²) in [6, 6.07) is 13.6. The van der Waals surface area contributed by atoms with Crippen molar-refractivity contribution in [1.82, 2.24) is 10.0 Å². The number of ether oxygens (including phenoxy) is 1. The number of rotatable bonds is 8. The molecule has 0 aromatic heterocycles. The Morgan fingerprint density at radius 2 is 1.92 bits per heavy atom. The molecule has 25 heavy (non-hydrogen) atoms. The van der Waals surface area contributed by atoms with E-state index in [4.69, 9.17) is 16.3 Å². The van der Waals surface area contributed by atoms with Gasteiger partial charge in [-0.15, -0.1) is 0 Å². The molecule has 0 fully saturated rings. The van der Waals surface area contributed by atoms with Gasteiger partial charge in [0.2, 0.25) is 15.9 Å². The number of nitrogens with one attached hydrogen (secondary N) is 2. The molecule has 0 bridgehead atoms. The average molecular weight is 383 g/mol. The Kier molecular flexibility index (Phi) is 6.81. The highest BCUT2D eigenvalue weighted by Crippen LogP contribution is 2.19. The molecule has 0 aliphatic carbocycles. The summed E-state index contributed by atoms with van der Waals surface area (Å²) in [5.41, 5.74) is 1.01. The van der Waals surface area contributed by atoms with E-state index in [1.165, 1.54) is 12.1 Å². The molecule has 0 aliphatic rings. The number of sulfonamides is 1. The van der Waals surface area contributed by atoms with Crippen LogP contribution in [0.4, 0.5) is 0 Å². The molecule has 2 N–H and O–H groups in total. The number of hydrogen-bond donors (Lipinski definition) is 2. The van der Waals surface area contributed by atoms with Crippen molar-refractivity contribution >= 4 is 27.5 Å². The zero-order valence-corrected chi connectivity index (χ0v) is 15.2. The van der Waals surface area contributed by atoms with Crippen LogP contribution in [-0.2, 0) is 21.2 Å². The molecule has 8 heteroatoms. The lowest BCUT2D eigenvalue weighted by Crippen LogP contribution is -2.37. The Balaban J connectivity index is 1.81. The molecule has 0 atom stereocenters. The highest BCUT2D eigenvalue weighted by molar-refractivity contribution is 7.89. The SMILES string of the molecule is COc1cccc(CCNC(=O)CNS(=O)(=O)c2ccccc2Cl)c1. The first-order valence-corrected chi connectivity index (χ1v) is 9.42. The molecule has 1 amide bonds. The van der Waals surface area contributed by atoms with Crippen molar-refractivity contribution in [2.75, 3.05) is 20.2 Å². The van der Waals surface area contributed by atoms with Crippen LogP contribution in [0.3, 0.4) is 0 Å². The Bertz CT molecular complexity index is 840. The highest BCUT2D eigenvalue weighted by Gasteiger charge is 2.18. The second kappa shape index (κ2) is 8.84. The smallest absolute Gasteiger partial charge is 0.242 e. The van der Waals surface area contributed by atoms with Gasteiger partial charge in [-0.2, -0.15) is 0 Å². The summed E-state index contributed by atoms with van der Waals surface area (Å²) in [6.07, 6.45) is 0.611. The topological polar surface area (TPSA) is 84.5 Å². The van der Waals surface area contributed by atoms with Gasteiger partial charge in [-0.05, 0) is 36.2 Å². The third kappa shape index (κ3) is 5.74. The predicted octanol–water partition coefficient (Wildman–Crippen LogP) is 1.99. The fraction of sp³-hybridized carbons (Fsp3) is 0.235. The molecule has 0 spiro atoms. The van der Waals surface area contributed by atoms with Gasteiger partial charge in [0.05, 0.1) is 18.7 Å². The van der Waals surface area contributed by atoms with E-state index in [1.807, 2.05) is 24.3 Å². The van der Waals surface area contributed by atoms with Crippen molar-refractivity contribution in [2.24, 2.45) is 0 Å². The van der Waals surface area contributed by atoms with Crippen LogP contribution in [0, 0.1) is 0 Å². The summed E-state index contributed by atoms with van der Waals surface area (Å²) in [5.74, 6) is 0.329. The van der Waals surface area contributed by atoms with Crippen LogP contribution >= 0.6 is 11.6 Å². The van der Waals surface area contributed by atoms with Gasteiger partial charge >= 0.3 is 0 Å². The van der Waals surface area contributed by atoms with Crippen LogP contribution in [0.5, 0.6) is 5.75 Å². The maximum Gasteiger partial charge on any atom is 0.242 e. The van der Waals surface area contributed by atoms with Gasteiger partial charge in [0.1, 0.15) is 10.6 Å². The van der Waals surface area contributed by atoms with E-state index in [1.54, 1.807) is 19.2 Å². The monoisotopic (exact) mass is 382 g/mol. The largest absolute Gasteiger partial charge is 0.497 e. The molecule has 0 saturated heterocycles. The van der Waals surface area contributed by atoms with Crippen molar-refractivity contribution in [3.05, 3.63) is 59.1 Å². The minimum absolute atomic E-state index is 0.0548. The van der Waals surface area contributed by atoms with Gasteiger partial charge < -0.3 is 10.1 Å². The maximum atomic E-state index is 12.1. The van der Waals surface area contributed by atoms with Gasteiger partial charge in [0.25, 0.3) is 0 Å². The number of benzene rings is 2. The minimum Gasteiger partial charge on any atom is -0.497 e. The van der Waals surface area contributed by atoms with Crippen LogP contribution in [0.1, 0.15) is 5.56 Å². The standard InChI is InChI=1S/C17H19ClN2O4S/c1-24-14-6-4-5-13(11-14)9-10-19-17(21)12-20-25(22,23)16-8-3-2-7-15(16)18/h2-8,11,20H,9-10,12H2,1H3,(H,19,21). The predicted molar refractivity (Wildman–Crippen MR) is 96.3 cm³/mol. The van der Waals surface area contributed by atoms with Crippen LogP contribution in [-0.4, -0.2) is 34.5 Å². The number of methoxy groups -OCH3 is 1. The van der Waals surface area contributed by atoms with Crippen molar-refractivity contribution in [2.45, 2.75) is 11.3 Å². The third-order valence-electron chi connectivity index (χ3n) is 3.42. The summed E-state index contributed by atoms with van der Waals surface area (Å²) in [6.45, 7) is 0.0332. The van der Waals surface area contributed by atoms with Crippen molar-refractivity contribution in [3.63, 3.8) is 0 Å². The Hall–Kier alpha value is -2.09. The van der Waals surface area contributed by atoms with E-state index in [-0.39, 0.29) is 16.5 Å². The van der Waals surface area contributed by atoms with Gasteiger partial charge in [-0.1, -0.05) is 35.9 Å². The number of hydrogen-bond acceptors (Lipinski definition) is 4. The van der Waals surface area contributed by atoms with Crippen molar-refractivity contribution < 1.29 is 17.9 Å². The number of carbonyl (C=O) groups excluding carboxylic acids is 1. The molecule has 0 unspecified atom stereocenters. The molecular formula is C17H19ClN2O4S. The zero-order valence-electron chi connectivity index (χ0n) is 13.7. The Morgan fingerprint density at radius 1 is 1.16 bits per heavy atom. The van der Waals surface area contributed by atoms with Crippen LogP contribution < -0.4 is 14.8 Å². The first kappa shape index (κ1) is 19.2. The van der Waals surface area contributed by atoms with E-state index in [2.05, 4.69) is 10.0 Å². The molecule has 0 heterocycles. The minimum atomic E-state index is -3.83. The lowest BCUT2D eigenvalue weighted by Gasteiger charge is -2.09. The summed E-state index contributed by atoms with van der Waals surface area (Å²) in [5, 5.41) is 2.77. The highest BCUT2D eigenvalue weighted by atomic mass is 35.5. The normalized spacial score (nSPS) is 11.1. The quantitative estimate of drug-likeness (QED) is 0.731. The summed E-state index contributed by atoms with van der Waals surface area (Å²) in [4.78, 5) is 11.8. The number of amides is 1. The molecule has 134 valence electrons. The van der Waals surface area contributed by atoms with Crippen molar-refractivity contribution in [3.8, 4) is 5.75 Å². The number of halogens is 1. The van der Waals surface area contributed by atoms with Gasteiger partial charge in [-0.3, -0.25) is 4.79 Å².